The highest BCUT2D eigenvalue weighted by Gasteiger charge is 2.34. The highest BCUT2D eigenvalue weighted by molar-refractivity contribution is 5.94. The van der Waals surface area contributed by atoms with Gasteiger partial charge in [-0.05, 0) is 43.9 Å². The van der Waals surface area contributed by atoms with E-state index in [9.17, 15) is 9.59 Å². The highest BCUT2D eigenvalue weighted by Crippen LogP contribution is 2.22. The fourth-order valence-electron chi connectivity index (χ4n) is 3.66. The number of pyridine rings is 1. The summed E-state index contributed by atoms with van der Waals surface area (Å²) in [5, 5.41) is 3.16. The van der Waals surface area contributed by atoms with Gasteiger partial charge in [0.25, 0.3) is 5.91 Å². The van der Waals surface area contributed by atoms with E-state index in [0.717, 1.165) is 31.5 Å². The summed E-state index contributed by atoms with van der Waals surface area (Å²) in [5.41, 5.74) is 2.59. The van der Waals surface area contributed by atoms with Crippen LogP contribution in [0, 0.1) is 6.92 Å². The maximum absolute atomic E-state index is 12.7. The van der Waals surface area contributed by atoms with Gasteiger partial charge in [0, 0.05) is 37.0 Å². The molecule has 1 aliphatic heterocycles. The van der Waals surface area contributed by atoms with Crippen LogP contribution in [0.25, 0.3) is 0 Å². The molecule has 1 fully saturated rings. The molecule has 1 saturated heterocycles. The second kappa shape index (κ2) is 8.13. The normalized spacial score (nSPS) is 19.8. The monoisotopic (exact) mass is 351 g/mol. The van der Waals surface area contributed by atoms with Crippen LogP contribution in [0.15, 0.2) is 48.7 Å². The minimum atomic E-state index is -0.107. The number of carbonyl (C=O) groups excluding carboxylic acids is 2. The van der Waals surface area contributed by atoms with Crippen LogP contribution in [-0.2, 0) is 11.2 Å². The average molecular weight is 351 g/mol. The molecule has 0 radical (unpaired) electrons. The average Bonchev–Trinajstić information content (AvgIpc) is 2.63. The number of aryl methyl sites for hydroxylation is 1. The molecule has 26 heavy (non-hydrogen) atoms. The first-order chi connectivity index (χ1) is 12.5. The Balaban J connectivity index is 1.80. The maximum Gasteiger partial charge on any atom is 0.251 e. The molecule has 0 saturated carbocycles. The number of aromatic nitrogens is 1. The molecule has 5 nitrogen and oxygen atoms in total. The second-order valence-corrected chi connectivity index (χ2v) is 6.88. The van der Waals surface area contributed by atoms with Crippen molar-refractivity contribution in [2.75, 3.05) is 6.54 Å². The van der Waals surface area contributed by atoms with E-state index in [2.05, 4.69) is 22.4 Å². The molecule has 0 spiro atoms. The molecule has 1 N–H and O–H groups in total. The van der Waals surface area contributed by atoms with Crippen LogP contribution in [0.2, 0.25) is 0 Å². The standard InChI is InChI=1S/C21H25N3O2/c1-15-13-18(10-11-22-15)21(26)23-19-9-6-12-24(16(2)25)20(19)14-17-7-4-3-5-8-17/h3-5,7-8,10-11,13,19-20H,6,9,12,14H2,1-2H3,(H,23,26)/t19-,20-/m0/s1. The lowest BCUT2D eigenvalue weighted by Crippen LogP contribution is -2.57. The van der Waals surface area contributed by atoms with Gasteiger partial charge in [0.2, 0.25) is 5.91 Å². The summed E-state index contributed by atoms with van der Waals surface area (Å²) in [6.45, 7) is 4.22. The summed E-state index contributed by atoms with van der Waals surface area (Å²) < 4.78 is 0. The molecule has 1 aliphatic rings. The summed E-state index contributed by atoms with van der Waals surface area (Å²) in [7, 11) is 0. The number of benzene rings is 1. The van der Waals surface area contributed by atoms with Crippen molar-refractivity contribution in [2.24, 2.45) is 0 Å². The SMILES string of the molecule is CC(=O)N1CCC[C@H](NC(=O)c2ccnc(C)c2)[C@@H]1Cc1ccccc1. The molecule has 2 aromatic rings. The minimum absolute atomic E-state index is 0.0319. The fraction of sp³-hybridized carbons (Fsp3) is 0.381. The van der Waals surface area contributed by atoms with Crippen molar-refractivity contribution in [3.8, 4) is 0 Å². The van der Waals surface area contributed by atoms with Gasteiger partial charge in [-0.15, -0.1) is 0 Å². The van der Waals surface area contributed by atoms with Gasteiger partial charge in [-0.2, -0.15) is 0 Å². The molecule has 136 valence electrons. The zero-order chi connectivity index (χ0) is 18.5. The fourth-order valence-corrected chi connectivity index (χ4v) is 3.66. The van der Waals surface area contributed by atoms with Gasteiger partial charge >= 0.3 is 0 Å². The lowest BCUT2D eigenvalue weighted by atomic mass is 9.90. The number of carbonyl (C=O) groups is 2. The van der Waals surface area contributed by atoms with Gasteiger partial charge in [-0.25, -0.2) is 0 Å². The molecule has 0 aliphatic carbocycles. The van der Waals surface area contributed by atoms with Crippen molar-refractivity contribution < 1.29 is 9.59 Å². The summed E-state index contributed by atoms with van der Waals surface area (Å²) in [5.74, 6) is -0.0476. The molecule has 2 amide bonds. The smallest absolute Gasteiger partial charge is 0.251 e. The van der Waals surface area contributed by atoms with E-state index in [-0.39, 0.29) is 23.9 Å². The van der Waals surface area contributed by atoms with Gasteiger partial charge in [0.05, 0.1) is 6.04 Å². The lowest BCUT2D eigenvalue weighted by Gasteiger charge is -2.41. The van der Waals surface area contributed by atoms with E-state index < -0.39 is 0 Å². The summed E-state index contributed by atoms with van der Waals surface area (Å²) in [6, 6.07) is 13.5. The number of piperidine rings is 1. The molecule has 1 aromatic carbocycles. The molecule has 0 unspecified atom stereocenters. The molecule has 3 rings (SSSR count). The first-order valence-electron chi connectivity index (χ1n) is 9.09. The van der Waals surface area contributed by atoms with Crippen molar-refractivity contribution in [1.29, 1.82) is 0 Å². The van der Waals surface area contributed by atoms with Crippen LogP contribution in [0.4, 0.5) is 0 Å². The van der Waals surface area contributed by atoms with Gasteiger partial charge in [0.1, 0.15) is 0 Å². The number of hydrogen-bond donors (Lipinski definition) is 1. The molecule has 1 aromatic heterocycles. The first kappa shape index (κ1) is 18.1. The van der Waals surface area contributed by atoms with Crippen LogP contribution >= 0.6 is 0 Å². The van der Waals surface area contributed by atoms with Crippen LogP contribution in [0.5, 0.6) is 0 Å². The van der Waals surface area contributed by atoms with Crippen molar-refractivity contribution in [3.05, 3.63) is 65.5 Å². The Kier molecular flexibility index (Phi) is 5.66. The summed E-state index contributed by atoms with van der Waals surface area (Å²) in [6.07, 6.45) is 4.15. The molecular formula is C21H25N3O2. The number of rotatable bonds is 4. The number of nitrogens with zero attached hydrogens (tertiary/aromatic N) is 2. The van der Waals surface area contributed by atoms with Gasteiger partial charge < -0.3 is 10.2 Å². The highest BCUT2D eigenvalue weighted by atomic mass is 16.2. The Morgan fingerprint density at radius 2 is 2.00 bits per heavy atom. The minimum Gasteiger partial charge on any atom is -0.347 e. The third kappa shape index (κ3) is 4.28. The van der Waals surface area contributed by atoms with Crippen molar-refractivity contribution in [2.45, 2.75) is 45.2 Å². The van der Waals surface area contributed by atoms with Crippen LogP contribution in [-0.4, -0.2) is 40.3 Å². The van der Waals surface area contributed by atoms with E-state index in [1.807, 2.05) is 30.0 Å². The van der Waals surface area contributed by atoms with Crippen molar-refractivity contribution in [3.63, 3.8) is 0 Å². The molecule has 2 heterocycles. The Morgan fingerprint density at radius 1 is 1.23 bits per heavy atom. The van der Waals surface area contributed by atoms with Crippen molar-refractivity contribution in [1.82, 2.24) is 15.2 Å². The van der Waals surface area contributed by atoms with E-state index in [1.165, 1.54) is 5.56 Å². The largest absolute Gasteiger partial charge is 0.347 e. The zero-order valence-electron chi connectivity index (χ0n) is 15.3. The topological polar surface area (TPSA) is 62.3 Å². The number of nitrogens with one attached hydrogen (secondary N) is 1. The number of hydrogen-bond acceptors (Lipinski definition) is 3. The van der Waals surface area contributed by atoms with E-state index in [4.69, 9.17) is 0 Å². The number of likely N-dealkylation sites (tertiary alicyclic amines) is 1. The Labute approximate surface area is 154 Å². The van der Waals surface area contributed by atoms with E-state index >= 15 is 0 Å². The van der Waals surface area contributed by atoms with Gasteiger partial charge in [-0.1, -0.05) is 30.3 Å². The Morgan fingerprint density at radius 3 is 2.69 bits per heavy atom. The maximum atomic E-state index is 12.7. The third-order valence-corrected chi connectivity index (χ3v) is 4.95. The van der Waals surface area contributed by atoms with E-state index in [0.29, 0.717) is 5.56 Å². The van der Waals surface area contributed by atoms with Crippen LogP contribution in [0.1, 0.15) is 41.4 Å². The second-order valence-electron chi connectivity index (χ2n) is 6.88. The Bertz CT molecular complexity index is 776. The van der Waals surface area contributed by atoms with Gasteiger partial charge in [-0.3, -0.25) is 14.6 Å². The molecule has 2 atom stereocenters. The predicted molar refractivity (Wildman–Crippen MR) is 101 cm³/mol. The molecular weight excluding hydrogens is 326 g/mol. The number of amides is 2. The predicted octanol–water partition coefficient (Wildman–Crippen LogP) is 2.74. The lowest BCUT2D eigenvalue weighted by molar-refractivity contribution is -0.133. The van der Waals surface area contributed by atoms with Crippen LogP contribution < -0.4 is 5.32 Å². The quantitative estimate of drug-likeness (QED) is 0.921. The first-order valence-corrected chi connectivity index (χ1v) is 9.09. The third-order valence-electron chi connectivity index (χ3n) is 4.95. The summed E-state index contributed by atoms with van der Waals surface area (Å²) >= 11 is 0. The van der Waals surface area contributed by atoms with Crippen LogP contribution in [0.3, 0.4) is 0 Å². The van der Waals surface area contributed by atoms with Gasteiger partial charge in [0.15, 0.2) is 0 Å². The Hall–Kier alpha value is -2.69. The zero-order valence-corrected chi connectivity index (χ0v) is 15.3. The van der Waals surface area contributed by atoms with E-state index in [1.54, 1.807) is 25.3 Å². The molecule has 5 heteroatoms. The molecule has 0 bridgehead atoms. The van der Waals surface area contributed by atoms with Crippen molar-refractivity contribution >= 4 is 11.8 Å². The summed E-state index contributed by atoms with van der Waals surface area (Å²) in [4.78, 5) is 30.9.